The van der Waals surface area contributed by atoms with Gasteiger partial charge in [0, 0.05) is 12.7 Å². The molecule has 0 spiro atoms. The van der Waals surface area contributed by atoms with Crippen LogP contribution in [-0.4, -0.2) is 25.6 Å². The van der Waals surface area contributed by atoms with Gasteiger partial charge in [0.25, 0.3) is 0 Å². The lowest BCUT2D eigenvalue weighted by atomic mass is 10.1. The molecule has 3 nitrogen and oxygen atoms in total. The zero-order valence-corrected chi connectivity index (χ0v) is 10.2. The maximum absolute atomic E-state index is 11.2. The summed E-state index contributed by atoms with van der Waals surface area (Å²) in [6.07, 6.45) is 0.00637. The van der Waals surface area contributed by atoms with Gasteiger partial charge in [-0.25, -0.2) is 0 Å². The highest BCUT2D eigenvalue weighted by atomic mass is 16.5. The van der Waals surface area contributed by atoms with E-state index in [1.165, 1.54) is 0 Å². The second kappa shape index (κ2) is 5.66. The molecular formula is C13H18O3. The molecule has 0 radical (unpaired) electrons. The summed E-state index contributed by atoms with van der Waals surface area (Å²) in [5, 5.41) is 0. The molecule has 1 unspecified atom stereocenters. The molecule has 0 amide bonds. The number of hydrogen-bond acceptors (Lipinski definition) is 3. The van der Waals surface area contributed by atoms with Crippen molar-refractivity contribution in [1.29, 1.82) is 0 Å². The van der Waals surface area contributed by atoms with E-state index in [2.05, 4.69) is 0 Å². The van der Waals surface area contributed by atoms with Crippen LogP contribution in [0.4, 0.5) is 0 Å². The Kier molecular flexibility index (Phi) is 4.50. The van der Waals surface area contributed by atoms with Gasteiger partial charge in [-0.15, -0.1) is 0 Å². The second-order valence-corrected chi connectivity index (χ2v) is 3.92. The van der Waals surface area contributed by atoms with Gasteiger partial charge in [-0.05, 0) is 44.5 Å². The average molecular weight is 222 g/mol. The highest BCUT2D eigenvalue weighted by Crippen LogP contribution is 2.20. The minimum atomic E-state index is 0.00637. The maximum Gasteiger partial charge on any atom is 0.159 e. The van der Waals surface area contributed by atoms with Crippen molar-refractivity contribution in [2.75, 3.05) is 13.7 Å². The van der Waals surface area contributed by atoms with Crippen LogP contribution in [0, 0.1) is 6.92 Å². The molecule has 0 aromatic heterocycles. The Balaban J connectivity index is 2.79. The van der Waals surface area contributed by atoms with Crippen molar-refractivity contribution < 1.29 is 14.3 Å². The third-order valence-corrected chi connectivity index (χ3v) is 2.31. The second-order valence-electron chi connectivity index (χ2n) is 3.92. The lowest BCUT2D eigenvalue weighted by molar-refractivity contribution is 0.0915. The lowest BCUT2D eigenvalue weighted by Crippen LogP contribution is -2.18. The van der Waals surface area contributed by atoms with Crippen molar-refractivity contribution in [3.8, 4) is 5.75 Å². The van der Waals surface area contributed by atoms with E-state index in [0.717, 1.165) is 11.3 Å². The van der Waals surface area contributed by atoms with Gasteiger partial charge in [0.1, 0.15) is 11.9 Å². The molecule has 1 aromatic carbocycles. The average Bonchev–Trinajstić information content (AvgIpc) is 2.21. The van der Waals surface area contributed by atoms with Gasteiger partial charge in [-0.1, -0.05) is 0 Å². The van der Waals surface area contributed by atoms with Crippen LogP contribution < -0.4 is 4.74 Å². The fourth-order valence-corrected chi connectivity index (χ4v) is 1.49. The van der Waals surface area contributed by atoms with E-state index in [0.29, 0.717) is 12.2 Å². The standard InChI is InChI=1S/C13H18O3/c1-9-7-12(11(3)14)5-6-13(9)16-10(2)8-15-4/h5-7,10H,8H2,1-4H3. The molecule has 0 bridgehead atoms. The summed E-state index contributed by atoms with van der Waals surface area (Å²) in [7, 11) is 1.64. The number of Topliss-reactive ketones (excluding diaryl/α,β-unsaturated/α-hetero) is 1. The predicted molar refractivity (Wildman–Crippen MR) is 63.1 cm³/mol. The first-order valence-corrected chi connectivity index (χ1v) is 5.31. The largest absolute Gasteiger partial charge is 0.488 e. The third-order valence-electron chi connectivity index (χ3n) is 2.31. The fraction of sp³-hybridized carbons (Fsp3) is 0.462. The first-order valence-electron chi connectivity index (χ1n) is 5.31. The summed E-state index contributed by atoms with van der Waals surface area (Å²) in [6.45, 7) is 5.99. The topological polar surface area (TPSA) is 35.5 Å². The van der Waals surface area contributed by atoms with E-state index >= 15 is 0 Å². The summed E-state index contributed by atoms with van der Waals surface area (Å²) in [4.78, 5) is 11.2. The molecule has 0 aliphatic rings. The number of carbonyl (C=O) groups excluding carboxylic acids is 1. The maximum atomic E-state index is 11.2. The van der Waals surface area contributed by atoms with Crippen LogP contribution in [0.5, 0.6) is 5.75 Å². The van der Waals surface area contributed by atoms with Crippen molar-refractivity contribution in [3.05, 3.63) is 29.3 Å². The molecule has 3 heteroatoms. The van der Waals surface area contributed by atoms with E-state index in [1.54, 1.807) is 20.1 Å². The first-order chi connectivity index (χ1) is 7.54. The van der Waals surface area contributed by atoms with Gasteiger partial charge in [-0.3, -0.25) is 4.79 Å². The van der Waals surface area contributed by atoms with Gasteiger partial charge >= 0.3 is 0 Å². The fourth-order valence-electron chi connectivity index (χ4n) is 1.49. The molecule has 0 saturated heterocycles. The van der Waals surface area contributed by atoms with Crippen LogP contribution in [0.1, 0.15) is 29.8 Å². The van der Waals surface area contributed by atoms with Crippen LogP contribution >= 0.6 is 0 Å². The molecule has 88 valence electrons. The number of hydrogen-bond donors (Lipinski definition) is 0. The van der Waals surface area contributed by atoms with Crippen LogP contribution in [0.3, 0.4) is 0 Å². The Hall–Kier alpha value is -1.35. The van der Waals surface area contributed by atoms with Crippen LogP contribution in [0.15, 0.2) is 18.2 Å². The Morgan fingerprint density at radius 2 is 2.12 bits per heavy atom. The summed E-state index contributed by atoms with van der Waals surface area (Å²) in [6, 6.07) is 5.46. The Bertz CT molecular complexity index is 371. The molecule has 0 aliphatic carbocycles. The molecule has 0 heterocycles. The zero-order valence-electron chi connectivity index (χ0n) is 10.2. The van der Waals surface area contributed by atoms with Gasteiger partial charge < -0.3 is 9.47 Å². The molecule has 0 N–H and O–H groups in total. The Morgan fingerprint density at radius 3 is 2.62 bits per heavy atom. The normalized spacial score (nSPS) is 12.2. The zero-order chi connectivity index (χ0) is 12.1. The number of rotatable bonds is 5. The SMILES string of the molecule is COCC(C)Oc1ccc(C(C)=O)cc1C. The number of aryl methyl sites for hydroxylation is 1. The molecule has 0 aliphatic heterocycles. The van der Waals surface area contributed by atoms with E-state index in [1.807, 2.05) is 26.0 Å². The van der Waals surface area contributed by atoms with Gasteiger partial charge in [0.15, 0.2) is 5.78 Å². The molecule has 1 aromatic rings. The van der Waals surface area contributed by atoms with Gasteiger partial charge in [0.2, 0.25) is 0 Å². The van der Waals surface area contributed by atoms with Gasteiger partial charge in [0.05, 0.1) is 6.61 Å². The molecular weight excluding hydrogens is 204 g/mol. The number of ketones is 1. The molecule has 1 rings (SSSR count). The van der Waals surface area contributed by atoms with E-state index in [-0.39, 0.29) is 11.9 Å². The molecule has 16 heavy (non-hydrogen) atoms. The summed E-state index contributed by atoms with van der Waals surface area (Å²) >= 11 is 0. The van der Waals surface area contributed by atoms with Crippen LogP contribution in [-0.2, 0) is 4.74 Å². The van der Waals surface area contributed by atoms with E-state index in [9.17, 15) is 4.79 Å². The monoisotopic (exact) mass is 222 g/mol. The van der Waals surface area contributed by atoms with Crippen molar-refractivity contribution in [1.82, 2.24) is 0 Å². The number of methoxy groups -OCH3 is 1. The van der Waals surface area contributed by atoms with Crippen molar-refractivity contribution in [2.45, 2.75) is 26.9 Å². The lowest BCUT2D eigenvalue weighted by Gasteiger charge is -2.15. The molecule has 1 atom stereocenters. The number of ether oxygens (including phenoxy) is 2. The van der Waals surface area contributed by atoms with Crippen molar-refractivity contribution in [2.24, 2.45) is 0 Å². The van der Waals surface area contributed by atoms with Crippen molar-refractivity contribution >= 4 is 5.78 Å². The molecule has 0 saturated carbocycles. The minimum Gasteiger partial charge on any atom is -0.488 e. The van der Waals surface area contributed by atoms with E-state index < -0.39 is 0 Å². The summed E-state index contributed by atoms with van der Waals surface area (Å²) in [5.41, 5.74) is 1.68. The number of carbonyl (C=O) groups is 1. The third kappa shape index (κ3) is 3.35. The van der Waals surface area contributed by atoms with Gasteiger partial charge in [-0.2, -0.15) is 0 Å². The molecule has 0 fully saturated rings. The quantitative estimate of drug-likeness (QED) is 0.718. The number of benzene rings is 1. The van der Waals surface area contributed by atoms with Crippen LogP contribution in [0.25, 0.3) is 0 Å². The summed E-state index contributed by atoms with van der Waals surface area (Å²) in [5.74, 6) is 0.870. The predicted octanol–water partition coefficient (Wildman–Crippen LogP) is 2.61. The minimum absolute atomic E-state index is 0.00637. The smallest absolute Gasteiger partial charge is 0.159 e. The van der Waals surface area contributed by atoms with E-state index in [4.69, 9.17) is 9.47 Å². The highest BCUT2D eigenvalue weighted by Gasteiger charge is 2.08. The highest BCUT2D eigenvalue weighted by molar-refractivity contribution is 5.94. The Morgan fingerprint density at radius 1 is 1.44 bits per heavy atom. The first kappa shape index (κ1) is 12.7. The summed E-state index contributed by atoms with van der Waals surface area (Å²) < 4.78 is 10.7. The Labute approximate surface area is 96.4 Å². The van der Waals surface area contributed by atoms with Crippen molar-refractivity contribution in [3.63, 3.8) is 0 Å². The van der Waals surface area contributed by atoms with Crippen LogP contribution in [0.2, 0.25) is 0 Å².